The van der Waals surface area contributed by atoms with Gasteiger partial charge in [-0.05, 0) is 0 Å². The van der Waals surface area contributed by atoms with Crippen molar-refractivity contribution >= 4 is 11.8 Å². The molecule has 96 valence electrons. The lowest BCUT2D eigenvalue weighted by molar-refractivity contribution is -0.141. The molecule has 2 fully saturated rings. The van der Waals surface area contributed by atoms with E-state index in [1.165, 1.54) is 4.90 Å². The van der Waals surface area contributed by atoms with Crippen molar-refractivity contribution in [3.05, 3.63) is 0 Å². The van der Waals surface area contributed by atoms with Crippen LogP contribution in [0.2, 0.25) is 0 Å². The van der Waals surface area contributed by atoms with Crippen molar-refractivity contribution in [1.29, 1.82) is 0 Å². The minimum Gasteiger partial charge on any atom is -0.391 e. The number of aliphatic hydroxyl groups is 1. The van der Waals surface area contributed by atoms with Crippen LogP contribution in [-0.4, -0.2) is 59.8 Å². The summed E-state index contributed by atoms with van der Waals surface area (Å²) in [5.41, 5.74) is 11.0. The average molecular weight is 243 g/mol. The number of nitrogens with two attached hydrogens (primary N) is 2. The van der Waals surface area contributed by atoms with Crippen LogP contribution in [0.3, 0.4) is 0 Å². The third-order valence-corrected chi connectivity index (χ3v) is 3.33. The van der Waals surface area contributed by atoms with E-state index in [2.05, 4.69) is 0 Å². The molecule has 2 aliphatic rings. The Morgan fingerprint density at radius 1 is 1.35 bits per heavy atom. The van der Waals surface area contributed by atoms with Gasteiger partial charge in [-0.2, -0.15) is 0 Å². The Hall–Kier alpha value is -1.18. The van der Waals surface area contributed by atoms with Crippen LogP contribution < -0.4 is 11.5 Å². The molecular formula is C10H17N3O4. The summed E-state index contributed by atoms with van der Waals surface area (Å²) in [4.78, 5) is 24.7. The number of carbonyl (C=O) groups is 2. The van der Waals surface area contributed by atoms with Gasteiger partial charge in [0.15, 0.2) is 0 Å². The van der Waals surface area contributed by atoms with Crippen molar-refractivity contribution in [2.45, 2.75) is 24.6 Å². The zero-order chi connectivity index (χ0) is 12.6. The average Bonchev–Trinajstić information content (AvgIpc) is 2.83. The number of aliphatic hydroxyl groups excluding tert-OH is 1. The van der Waals surface area contributed by atoms with Gasteiger partial charge >= 0.3 is 0 Å². The zero-order valence-electron chi connectivity index (χ0n) is 9.41. The molecule has 2 aliphatic heterocycles. The van der Waals surface area contributed by atoms with E-state index in [1.54, 1.807) is 0 Å². The van der Waals surface area contributed by atoms with Crippen LogP contribution >= 0.6 is 0 Å². The molecule has 0 aliphatic carbocycles. The van der Waals surface area contributed by atoms with Crippen LogP contribution in [0.1, 0.15) is 6.42 Å². The number of hydrogen-bond acceptors (Lipinski definition) is 5. The molecule has 0 bridgehead atoms. The molecule has 0 saturated carbocycles. The largest absolute Gasteiger partial charge is 0.391 e. The molecule has 7 heteroatoms. The maximum atomic E-state index is 12.2. The van der Waals surface area contributed by atoms with Gasteiger partial charge in [-0.15, -0.1) is 0 Å². The highest BCUT2D eigenvalue weighted by Gasteiger charge is 2.43. The Morgan fingerprint density at radius 2 is 2.06 bits per heavy atom. The summed E-state index contributed by atoms with van der Waals surface area (Å²) in [5, 5.41) is 9.51. The van der Waals surface area contributed by atoms with E-state index in [-0.39, 0.29) is 31.5 Å². The molecule has 4 unspecified atom stereocenters. The highest BCUT2D eigenvalue weighted by molar-refractivity contribution is 5.88. The van der Waals surface area contributed by atoms with Gasteiger partial charge < -0.3 is 26.2 Å². The molecule has 2 heterocycles. The second kappa shape index (κ2) is 4.59. The van der Waals surface area contributed by atoms with Gasteiger partial charge in [0.2, 0.25) is 11.8 Å². The van der Waals surface area contributed by atoms with Crippen molar-refractivity contribution in [3.8, 4) is 0 Å². The van der Waals surface area contributed by atoms with E-state index < -0.39 is 24.0 Å². The van der Waals surface area contributed by atoms with Gasteiger partial charge in [0.25, 0.3) is 0 Å². The minimum atomic E-state index is -0.731. The van der Waals surface area contributed by atoms with Gasteiger partial charge in [0.05, 0.1) is 25.2 Å². The van der Waals surface area contributed by atoms with Crippen LogP contribution in [0.5, 0.6) is 0 Å². The maximum Gasteiger partial charge on any atom is 0.240 e. The van der Waals surface area contributed by atoms with E-state index in [1.807, 2.05) is 0 Å². The Kier molecular flexibility index (Phi) is 3.32. The molecular weight excluding hydrogens is 226 g/mol. The van der Waals surface area contributed by atoms with Crippen molar-refractivity contribution in [2.24, 2.45) is 17.4 Å². The quantitative estimate of drug-likeness (QED) is 0.491. The third-order valence-electron chi connectivity index (χ3n) is 3.33. The number of amides is 2. The fraction of sp³-hybridized carbons (Fsp3) is 0.800. The summed E-state index contributed by atoms with van der Waals surface area (Å²) < 4.78 is 5.12. The normalized spacial score (nSPS) is 37.4. The maximum absolute atomic E-state index is 12.2. The predicted molar refractivity (Wildman–Crippen MR) is 57.6 cm³/mol. The fourth-order valence-electron chi connectivity index (χ4n) is 2.37. The number of ether oxygens (including phenoxy) is 1. The number of rotatable bonds is 2. The topological polar surface area (TPSA) is 119 Å². The second-order valence-corrected chi connectivity index (χ2v) is 4.61. The molecule has 0 aromatic heterocycles. The Labute approximate surface area is 98.7 Å². The van der Waals surface area contributed by atoms with E-state index in [9.17, 15) is 14.7 Å². The summed E-state index contributed by atoms with van der Waals surface area (Å²) in [6.45, 7) is 0.738. The van der Waals surface area contributed by atoms with Crippen LogP contribution in [0.15, 0.2) is 0 Å². The van der Waals surface area contributed by atoms with Crippen molar-refractivity contribution in [1.82, 2.24) is 4.90 Å². The molecule has 2 amide bonds. The predicted octanol–water partition coefficient (Wildman–Crippen LogP) is -2.59. The minimum absolute atomic E-state index is 0.135. The van der Waals surface area contributed by atoms with Gasteiger partial charge in [-0.1, -0.05) is 0 Å². The lowest BCUT2D eigenvalue weighted by atomic mass is 10.0. The van der Waals surface area contributed by atoms with Crippen molar-refractivity contribution in [3.63, 3.8) is 0 Å². The van der Waals surface area contributed by atoms with Gasteiger partial charge in [-0.25, -0.2) is 0 Å². The first kappa shape index (κ1) is 12.3. The van der Waals surface area contributed by atoms with Crippen molar-refractivity contribution in [2.75, 3.05) is 19.8 Å². The highest BCUT2D eigenvalue weighted by Crippen LogP contribution is 2.23. The summed E-state index contributed by atoms with van der Waals surface area (Å²) in [6.07, 6.45) is -0.501. The number of likely N-dealkylation sites (tertiary alicyclic amines) is 1. The molecule has 2 rings (SSSR count). The van der Waals surface area contributed by atoms with Crippen molar-refractivity contribution < 1.29 is 19.4 Å². The number of primary amides is 1. The number of hydrogen-bond donors (Lipinski definition) is 3. The Morgan fingerprint density at radius 3 is 2.59 bits per heavy atom. The van der Waals surface area contributed by atoms with Gasteiger partial charge in [0.1, 0.15) is 6.04 Å². The molecule has 0 spiro atoms. The zero-order valence-corrected chi connectivity index (χ0v) is 9.41. The van der Waals surface area contributed by atoms with Gasteiger partial charge in [-0.3, -0.25) is 9.59 Å². The van der Waals surface area contributed by atoms with E-state index in [0.29, 0.717) is 6.61 Å². The number of β-amino-alcohol motifs (C(OH)–C–C–N with tert-alkyl or cyclic N) is 1. The molecule has 4 atom stereocenters. The summed E-state index contributed by atoms with van der Waals surface area (Å²) in [7, 11) is 0. The van der Waals surface area contributed by atoms with Crippen LogP contribution in [0, 0.1) is 5.92 Å². The van der Waals surface area contributed by atoms with Crippen LogP contribution in [0.4, 0.5) is 0 Å². The number of carbonyl (C=O) groups excluding carboxylic acids is 2. The van der Waals surface area contributed by atoms with Gasteiger partial charge in [0, 0.05) is 19.0 Å². The summed E-state index contributed by atoms with van der Waals surface area (Å²) in [6, 6.07) is -1.08. The Balaban J connectivity index is 2.10. The van der Waals surface area contributed by atoms with E-state index >= 15 is 0 Å². The lowest BCUT2D eigenvalue weighted by Gasteiger charge is -2.25. The summed E-state index contributed by atoms with van der Waals surface area (Å²) in [5.74, 6) is -1.29. The van der Waals surface area contributed by atoms with Crippen LogP contribution in [0.25, 0.3) is 0 Å². The third kappa shape index (κ3) is 2.26. The monoisotopic (exact) mass is 243 g/mol. The Bertz CT molecular complexity index is 336. The highest BCUT2D eigenvalue weighted by atomic mass is 16.5. The molecule has 2 saturated heterocycles. The SMILES string of the molecule is NC(=O)C1CC(O)CN1C(=O)C1COCC1N. The first-order chi connectivity index (χ1) is 8.00. The van der Waals surface area contributed by atoms with Crippen LogP contribution in [-0.2, 0) is 14.3 Å². The molecule has 17 heavy (non-hydrogen) atoms. The van der Waals surface area contributed by atoms with E-state index in [0.717, 1.165) is 0 Å². The number of nitrogens with zero attached hydrogens (tertiary/aromatic N) is 1. The lowest BCUT2D eigenvalue weighted by Crippen LogP contribution is -2.49. The first-order valence-electron chi connectivity index (χ1n) is 5.62. The molecule has 5 N–H and O–H groups in total. The molecule has 7 nitrogen and oxygen atoms in total. The first-order valence-corrected chi connectivity index (χ1v) is 5.62. The molecule has 0 radical (unpaired) electrons. The molecule has 0 aromatic carbocycles. The molecule has 0 aromatic rings. The standard InChI is InChI=1S/C10H17N3O4/c11-7-4-17-3-6(7)10(16)13-2-5(14)1-8(13)9(12)15/h5-8,14H,1-4,11H2,(H2,12,15). The van der Waals surface area contributed by atoms with E-state index in [4.69, 9.17) is 16.2 Å². The smallest absolute Gasteiger partial charge is 0.240 e. The second-order valence-electron chi connectivity index (χ2n) is 4.61. The fourth-order valence-corrected chi connectivity index (χ4v) is 2.37. The summed E-state index contributed by atoms with van der Waals surface area (Å²) >= 11 is 0.